The molecule has 3 aromatic carbocycles. The predicted molar refractivity (Wildman–Crippen MR) is 98.4 cm³/mol. The van der Waals surface area contributed by atoms with Gasteiger partial charge in [0.25, 0.3) is 0 Å². The van der Waals surface area contributed by atoms with Crippen LogP contribution in [0.5, 0.6) is 11.5 Å². The number of aromatic hydroxyl groups is 1. The van der Waals surface area contributed by atoms with Gasteiger partial charge in [-0.05, 0) is 35.4 Å². The molecule has 0 fully saturated rings. The van der Waals surface area contributed by atoms with E-state index in [9.17, 15) is 9.90 Å². The molecule has 0 amide bonds. The van der Waals surface area contributed by atoms with Crippen molar-refractivity contribution in [2.75, 3.05) is 0 Å². The van der Waals surface area contributed by atoms with Crippen LogP contribution in [0.1, 0.15) is 21.5 Å². The lowest BCUT2D eigenvalue weighted by Crippen LogP contribution is -2.04. The van der Waals surface area contributed by atoms with Gasteiger partial charge in [0.15, 0.2) is 5.78 Å². The monoisotopic (exact) mass is 352 g/mol. The van der Waals surface area contributed by atoms with Crippen LogP contribution in [0.25, 0.3) is 0 Å². The molecule has 25 heavy (non-hydrogen) atoms. The fraction of sp³-hybridized carbons (Fsp3) is 0.0952. The molecule has 3 nitrogen and oxygen atoms in total. The first-order valence-electron chi connectivity index (χ1n) is 7.89. The summed E-state index contributed by atoms with van der Waals surface area (Å²) in [5.74, 6) is 0.281. The highest BCUT2D eigenvalue weighted by Gasteiger charge is 2.13. The van der Waals surface area contributed by atoms with Crippen molar-refractivity contribution in [2.45, 2.75) is 13.0 Å². The summed E-state index contributed by atoms with van der Waals surface area (Å²) in [6, 6.07) is 21.6. The fourth-order valence-electron chi connectivity index (χ4n) is 2.46. The number of benzene rings is 3. The minimum absolute atomic E-state index is 0.0791. The highest BCUT2D eigenvalue weighted by Crippen LogP contribution is 2.26. The number of phenolic OH excluding ortho intramolecular Hbond substituents is 1. The van der Waals surface area contributed by atoms with Crippen molar-refractivity contribution in [2.24, 2.45) is 0 Å². The van der Waals surface area contributed by atoms with Gasteiger partial charge in [-0.25, -0.2) is 0 Å². The summed E-state index contributed by atoms with van der Waals surface area (Å²) in [7, 11) is 0. The molecule has 0 aliphatic rings. The largest absolute Gasteiger partial charge is 0.507 e. The van der Waals surface area contributed by atoms with Crippen molar-refractivity contribution in [3.05, 3.63) is 94.5 Å². The smallest absolute Gasteiger partial charge is 0.170 e. The Labute approximate surface area is 151 Å². The zero-order valence-electron chi connectivity index (χ0n) is 13.5. The molecular weight excluding hydrogens is 336 g/mol. The quantitative estimate of drug-likeness (QED) is 0.631. The summed E-state index contributed by atoms with van der Waals surface area (Å²) in [6.07, 6.45) is 0.203. The first kappa shape index (κ1) is 17.1. The van der Waals surface area contributed by atoms with Gasteiger partial charge in [0.05, 0.1) is 5.56 Å². The second kappa shape index (κ2) is 7.86. The number of halogens is 1. The highest BCUT2D eigenvalue weighted by atomic mass is 35.5. The maximum Gasteiger partial charge on any atom is 0.170 e. The number of phenols is 1. The predicted octanol–water partition coefficient (Wildman–Crippen LogP) is 5.05. The van der Waals surface area contributed by atoms with Crippen LogP contribution < -0.4 is 4.74 Å². The van der Waals surface area contributed by atoms with Crippen LogP contribution in [-0.2, 0) is 13.0 Å². The topological polar surface area (TPSA) is 46.5 Å². The van der Waals surface area contributed by atoms with Crippen LogP contribution in [0.2, 0.25) is 5.02 Å². The van der Waals surface area contributed by atoms with Crippen LogP contribution in [0.3, 0.4) is 0 Å². The van der Waals surface area contributed by atoms with Crippen molar-refractivity contribution in [3.8, 4) is 11.5 Å². The number of carbonyl (C=O) groups excluding carboxylic acids is 1. The van der Waals surface area contributed by atoms with Crippen LogP contribution in [-0.4, -0.2) is 10.9 Å². The van der Waals surface area contributed by atoms with Crippen LogP contribution in [0, 0.1) is 0 Å². The lowest BCUT2D eigenvalue weighted by atomic mass is 10.0. The van der Waals surface area contributed by atoms with Crippen molar-refractivity contribution in [3.63, 3.8) is 0 Å². The highest BCUT2D eigenvalue weighted by molar-refractivity contribution is 6.30. The van der Waals surface area contributed by atoms with Crippen LogP contribution in [0.4, 0.5) is 0 Å². The Bertz CT molecular complexity index is 858. The molecule has 0 saturated carbocycles. The van der Waals surface area contributed by atoms with E-state index in [0.29, 0.717) is 17.4 Å². The molecule has 126 valence electrons. The Hall–Kier alpha value is -2.78. The standard InChI is InChI=1S/C21H17ClO3/c22-17-8-6-15(7-9-17)12-20(23)19-11-10-18(13-21(19)24)25-14-16-4-2-1-3-5-16/h1-11,13,24H,12,14H2. The van der Waals surface area contributed by atoms with Gasteiger partial charge < -0.3 is 9.84 Å². The lowest BCUT2D eigenvalue weighted by molar-refractivity contribution is 0.0990. The van der Waals surface area contributed by atoms with Gasteiger partial charge in [-0.3, -0.25) is 4.79 Å². The molecule has 0 saturated heterocycles. The van der Waals surface area contributed by atoms with E-state index in [4.69, 9.17) is 16.3 Å². The molecule has 0 aliphatic carbocycles. The van der Waals surface area contributed by atoms with E-state index in [-0.39, 0.29) is 23.5 Å². The van der Waals surface area contributed by atoms with Crippen molar-refractivity contribution in [1.29, 1.82) is 0 Å². The van der Waals surface area contributed by atoms with Crippen molar-refractivity contribution in [1.82, 2.24) is 0 Å². The van der Waals surface area contributed by atoms with E-state index < -0.39 is 0 Å². The van der Waals surface area contributed by atoms with E-state index in [2.05, 4.69) is 0 Å². The minimum Gasteiger partial charge on any atom is -0.507 e. The van der Waals surface area contributed by atoms with Crippen LogP contribution in [0.15, 0.2) is 72.8 Å². The third kappa shape index (κ3) is 4.61. The van der Waals surface area contributed by atoms with E-state index in [1.807, 2.05) is 30.3 Å². The Balaban J connectivity index is 1.66. The molecular formula is C21H17ClO3. The number of hydrogen-bond acceptors (Lipinski definition) is 3. The molecule has 0 bridgehead atoms. The minimum atomic E-state index is -0.158. The number of ketones is 1. The molecule has 3 aromatic rings. The summed E-state index contributed by atoms with van der Waals surface area (Å²) in [5, 5.41) is 10.8. The lowest BCUT2D eigenvalue weighted by Gasteiger charge is -2.09. The second-order valence-corrected chi connectivity index (χ2v) is 6.12. The molecule has 0 spiro atoms. The number of carbonyl (C=O) groups is 1. The molecule has 0 atom stereocenters. The maximum absolute atomic E-state index is 12.4. The molecule has 1 N–H and O–H groups in total. The zero-order valence-corrected chi connectivity index (χ0v) is 14.2. The SMILES string of the molecule is O=C(Cc1ccc(Cl)cc1)c1ccc(OCc2ccccc2)cc1O. The average molecular weight is 353 g/mol. The van der Waals surface area contributed by atoms with E-state index in [0.717, 1.165) is 11.1 Å². The zero-order chi connectivity index (χ0) is 17.6. The van der Waals surface area contributed by atoms with Gasteiger partial charge in [0.1, 0.15) is 18.1 Å². The molecule has 0 radical (unpaired) electrons. The summed E-state index contributed by atoms with van der Waals surface area (Å²) < 4.78 is 5.65. The summed E-state index contributed by atoms with van der Waals surface area (Å²) in [6.45, 7) is 0.401. The molecule has 3 rings (SSSR count). The van der Waals surface area contributed by atoms with Gasteiger partial charge >= 0.3 is 0 Å². The maximum atomic E-state index is 12.4. The van der Waals surface area contributed by atoms with Crippen molar-refractivity contribution >= 4 is 17.4 Å². The van der Waals surface area contributed by atoms with Crippen molar-refractivity contribution < 1.29 is 14.6 Å². The molecule has 0 aliphatic heterocycles. The first-order chi connectivity index (χ1) is 12.1. The summed E-state index contributed by atoms with van der Waals surface area (Å²) in [4.78, 5) is 12.4. The van der Waals surface area contributed by atoms with Gasteiger partial charge in [-0.2, -0.15) is 0 Å². The summed E-state index contributed by atoms with van der Waals surface area (Å²) >= 11 is 5.84. The number of ether oxygens (including phenoxy) is 1. The van der Waals surface area contributed by atoms with Gasteiger partial charge in [0, 0.05) is 17.5 Å². The molecule has 4 heteroatoms. The molecule has 0 heterocycles. The Morgan fingerprint density at radius 2 is 1.64 bits per heavy atom. The van der Waals surface area contributed by atoms with E-state index in [1.54, 1.807) is 36.4 Å². The third-order valence-corrected chi connectivity index (χ3v) is 4.05. The first-order valence-corrected chi connectivity index (χ1v) is 8.27. The van der Waals surface area contributed by atoms with Gasteiger partial charge in [0.2, 0.25) is 0 Å². The van der Waals surface area contributed by atoms with E-state index in [1.165, 1.54) is 6.07 Å². The normalized spacial score (nSPS) is 10.4. The average Bonchev–Trinajstić information content (AvgIpc) is 2.63. The van der Waals surface area contributed by atoms with Crippen LogP contribution >= 0.6 is 11.6 Å². The molecule has 0 unspecified atom stereocenters. The van der Waals surface area contributed by atoms with Gasteiger partial charge in [-0.15, -0.1) is 0 Å². The number of Topliss-reactive ketones (excluding diaryl/α,β-unsaturated/α-hetero) is 1. The fourth-order valence-corrected chi connectivity index (χ4v) is 2.59. The van der Waals surface area contributed by atoms with E-state index >= 15 is 0 Å². The second-order valence-electron chi connectivity index (χ2n) is 5.68. The Kier molecular flexibility index (Phi) is 5.36. The summed E-state index contributed by atoms with van der Waals surface area (Å²) in [5.41, 5.74) is 2.16. The third-order valence-electron chi connectivity index (χ3n) is 3.80. The van der Waals surface area contributed by atoms with Gasteiger partial charge in [-0.1, -0.05) is 54.1 Å². The Morgan fingerprint density at radius 3 is 2.32 bits per heavy atom. The number of rotatable bonds is 6. The Morgan fingerprint density at radius 1 is 0.920 bits per heavy atom. The molecule has 0 aromatic heterocycles. The number of hydrogen-bond donors (Lipinski definition) is 1.